The van der Waals surface area contributed by atoms with Crippen molar-refractivity contribution in [2.45, 2.75) is 50.4 Å². The van der Waals surface area contributed by atoms with Crippen LogP contribution in [0.1, 0.15) is 49.3 Å². The van der Waals surface area contributed by atoms with Gasteiger partial charge in [0.1, 0.15) is 0 Å². The highest BCUT2D eigenvalue weighted by atomic mass is 16.1. The molecule has 3 unspecified atom stereocenters. The zero-order chi connectivity index (χ0) is 19.3. The zero-order valence-corrected chi connectivity index (χ0v) is 16.5. The summed E-state index contributed by atoms with van der Waals surface area (Å²) in [6.07, 6.45) is 3.42. The number of piperidine rings is 1. The van der Waals surface area contributed by atoms with Crippen LogP contribution < -0.4 is 16.2 Å². The number of likely N-dealkylation sites (tertiary alicyclic amines) is 1. The molecule has 0 aliphatic carbocycles. The lowest BCUT2D eigenvalue weighted by atomic mass is 9.98. The number of nitrogens with one attached hydrogen (secondary N) is 3. The van der Waals surface area contributed by atoms with Crippen LogP contribution in [0.15, 0.2) is 60.7 Å². The Morgan fingerprint density at radius 1 is 1.00 bits per heavy atom. The normalized spacial score (nSPS) is 24.8. The largest absolute Gasteiger partial charge is 0.353 e. The van der Waals surface area contributed by atoms with Gasteiger partial charge in [0.2, 0.25) is 5.91 Å². The second kappa shape index (κ2) is 8.86. The summed E-state index contributed by atoms with van der Waals surface area (Å²) in [5.74, 6) is 0.0287. The van der Waals surface area contributed by atoms with E-state index in [9.17, 15) is 4.79 Å². The van der Waals surface area contributed by atoms with E-state index in [0.29, 0.717) is 12.2 Å². The molecule has 28 heavy (non-hydrogen) atoms. The summed E-state index contributed by atoms with van der Waals surface area (Å²) in [6.45, 7) is 3.99. The third-order valence-electron chi connectivity index (χ3n) is 6.09. The SMILES string of the molecule is CC(C(=O)NC1CCN(C2CC(c3ccccc3)NN2)CC1)c1ccccc1. The molecule has 5 nitrogen and oxygen atoms in total. The highest BCUT2D eigenvalue weighted by molar-refractivity contribution is 5.83. The molecule has 2 saturated heterocycles. The van der Waals surface area contributed by atoms with Crippen LogP contribution in [0.5, 0.6) is 0 Å². The van der Waals surface area contributed by atoms with Crippen LogP contribution in [0, 0.1) is 0 Å². The van der Waals surface area contributed by atoms with Crippen molar-refractivity contribution in [3.8, 4) is 0 Å². The molecule has 2 aromatic rings. The first kappa shape index (κ1) is 19.1. The number of carbonyl (C=O) groups is 1. The monoisotopic (exact) mass is 378 g/mol. The molecule has 0 aromatic heterocycles. The molecule has 0 spiro atoms. The second-order valence-corrected chi connectivity index (χ2v) is 7.95. The Labute approximate surface area is 167 Å². The van der Waals surface area contributed by atoms with Gasteiger partial charge in [0.15, 0.2) is 0 Å². The van der Waals surface area contributed by atoms with Crippen molar-refractivity contribution in [1.82, 2.24) is 21.1 Å². The van der Waals surface area contributed by atoms with Gasteiger partial charge in [-0.15, -0.1) is 0 Å². The van der Waals surface area contributed by atoms with Gasteiger partial charge in [0.05, 0.1) is 12.1 Å². The van der Waals surface area contributed by atoms with Crippen LogP contribution in [-0.4, -0.2) is 36.1 Å². The molecule has 0 saturated carbocycles. The molecule has 148 valence electrons. The maximum atomic E-state index is 12.6. The average Bonchev–Trinajstić information content (AvgIpc) is 3.25. The van der Waals surface area contributed by atoms with Crippen LogP contribution in [0.4, 0.5) is 0 Å². The van der Waals surface area contributed by atoms with Crippen molar-refractivity contribution in [2.24, 2.45) is 0 Å². The van der Waals surface area contributed by atoms with Gasteiger partial charge < -0.3 is 5.32 Å². The zero-order valence-electron chi connectivity index (χ0n) is 16.5. The molecule has 2 aliphatic heterocycles. The Kier molecular flexibility index (Phi) is 6.05. The van der Waals surface area contributed by atoms with E-state index in [1.165, 1.54) is 5.56 Å². The van der Waals surface area contributed by atoms with Crippen molar-refractivity contribution in [2.75, 3.05) is 13.1 Å². The third kappa shape index (κ3) is 4.43. The molecular weight excluding hydrogens is 348 g/mol. The number of benzene rings is 2. The van der Waals surface area contributed by atoms with Crippen LogP contribution in [0.2, 0.25) is 0 Å². The van der Waals surface area contributed by atoms with Gasteiger partial charge in [0.25, 0.3) is 0 Å². The smallest absolute Gasteiger partial charge is 0.227 e. The Balaban J connectivity index is 1.24. The van der Waals surface area contributed by atoms with Crippen molar-refractivity contribution in [3.05, 3.63) is 71.8 Å². The third-order valence-corrected chi connectivity index (χ3v) is 6.09. The van der Waals surface area contributed by atoms with Gasteiger partial charge in [-0.2, -0.15) is 0 Å². The fraction of sp³-hybridized carbons (Fsp3) is 0.435. The minimum atomic E-state index is -0.105. The molecular formula is C23H30N4O. The predicted octanol–water partition coefficient (Wildman–Crippen LogP) is 2.94. The highest BCUT2D eigenvalue weighted by Crippen LogP contribution is 2.25. The summed E-state index contributed by atoms with van der Waals surface area (Å²) in [5.41, 5.74) is 9.30. The Bertz CT molecular complexity index is 759. The van der Waals surface area contributed by atoms with Crippen LogP contribution in [-0.2, 0) is 4.79 Å². The molecule has 2 aromatic carbocycles. The maximum absolute atomic E-state index is 12.6. The average molecular weight is 379 g/mol. The Morgan fingerprint density at radius 3 is 2.32 bits per heavy atom. The summed E-state index contributed by atoms with van der Waals surface area (Å²) < 4.78 is 0. The lowest BCUT2D eigenvalue weighted by Crippen LogP contribution is -2.52. The minimum Gasteiger partial charge on any atom is -0.353 e. The molecule has 3 atom stereocenters. The first-order valence-electron chi connectivity index (χ1n) is 10.4. The van der Waals surface area contributed by atoms with Crippen molar-refractivity contribution in [3.63, 3.8) is 0 Å². The summed E-state index contributed by atoms with van der Waals surface area (Å²) in [7, 11) is 0. The quantitative estimate of drug-likeness (QED) is 0.749. The van der Waals surface area contributed by atoms with E-state index >= 15 is 0 Å². The molecule has 1 amide bonds. The fourth-order valence-electron chi connectivity index (χ4n) is 4.26. The van der Waals surface area contributed by atoms with Crippen LogP contribution in [0.3, 0.4) is 0 Å². The van der Waals surface area contributed by atoms with Crippen LogP contribution >= 0.6 is 0 Å². The second-order valence-electron chi connectivity index (χ2n) is 7.95. The summed E-state index contributed by atoms with van der Waals surface area (Å²) in [5, 5.41) is 3.26. The first-order valence-corrected chi connectivity index (χ1v) is 10.4. The van der Waals surface area contributed by atoms with Gasteiger partial charge in [0, 0.05) is 25.2 Å². The van der Waals surface area contributed by atoms with E-state index in [-0.39, 0.29) is 17.9 Å². The number of hydrogen-bond donors (Lipinski definition) is 3. The summed E-state index contributed by atoms with van der Waals surface area (Å²) >= 11 is 0. The van der Waals surface area contributed by atoms with E-state index in [0.717, 1.165) is 37.9 Å². The van der Waals surface area contributed by atoms with E-state index < -0.39 is 0 Å². The Hall–Kier alpha value is -2.21. The van der Waals surface area contributed by atoms with E-state index in [1.54, 1.807) is 0 Å². The topological polar surface area (TPSA) is 56.4 Å². The van der Waals surface area contributed by atoms with Gasteiger partial charge in [-0.3, -0.25) is 9.69 Å². The number of hydrazine groups is 1. The molecule has 0 bridgehead atoms. The highest BCUT2D eigenvalue weighted by Gasteiger charge is 2.32. The number of hydrogen-bond acceptors (Lipinski definition) is 4. The van der Waals surface area contributed by atoms with Gasteiger partial charge in [-0.05, 0) is 37.3 Å². The maximum Gasteiger partial charge on any atom is 0.227 e. The molecule has 2 fully saturated rings. The van der Waals surface area contributed by atoms with Gasteiger partial charge >= 0.3 is 0 Å². The molecule has 4 rings (SSSR count). The number of carbonyl (C=O) groups excluding carboxylic acids is 1. The fourth-order valence-corrected chi connectivity index (χ4v) is 4.26. The molecule has 3 N–H and O–H groups in total. The van der Waals surface area contributed by atoms with E-state index in [2.05, 4.69) is 51.4 Å². The number of rotatable bonds is 5. The van der Waals surface area contributed by atoms with Crippen molar-refractivity contribution in [1.29, 1.82) is 0 Å². The summed E-state index contributed by atoms with van der Waals surface area (Å²) in [6, 6.07) is 21.2. The van der Waals surface area contributed by atoms with Crippen molar-refractivity contribution >= 4 is 5.91 Å². The van der Waals surface area contributed by atoms with Crippen LogP contribution in [0.25, 0.3) is 0 Å². The standard InChI is InChI=1S/C23H30N4O/c1-17(18-8-4-2-5-9-18)23(28)24-20-12-14-27(15-13-20)22-16-21(25-26-22)19-10-6-3-7-11-19/h2-11,17,20-22,25-26H,12-16H2,1H3,(H,24,28). The first-order chi connectivity index (χ1) is 13.7. The summed E-state index contributed by atoms with van der Waals surface area (Å²) in [4.78, 5) is 15.1. The lowest BCUT2D eigenvalue weighted by molar-refractivity contribution is -0.123. The lowest BCUT2D eigenvalue weighted by Gasteiger charge is -2.36. The molecule has 5 heteroatoms. The number of amides is 1. The predicted molar refractivity (Wildman–Crippen MR) is 111 cm³/mol. The molecule has 0 radical (unpaired) electrons. The van der Waals surface area contributed by atoms with E-state index in [1.807, 2.05) is 37.3 Å². The minimum absolute atomic E-state index is 0.105. The molecule has 2 heterocycles. The van der Waals surface area contributed by atoms with Crippen molar-refractivity contribution < 1.29 is 4.79 Å². The molecule has 2 aliphatic rings. The number of nitrogens with zero attached hydrogens (tertiary/aromatic N) is 1. The van der Waals surface area contributed by atoms with Gasteiger partial charge in [-0.25, -0.2) is 10.9 Å². The Morgan fingerprint density at radius 2 is 1.64 bits per heavy atom. The van der Waals surface area contributed by atoms with E-state index in [4.69, 9.17) is 0 Å². The van der Waals surface area contributed by atoms with Gasteiger partial charge in [-0.1, -0.05) is 60.7 Å².